The monoisotopic (exact) mass is 503 g/mol. The molecule has 30 heavy (non-hydrogen) atoms. The van der Waals surface area contributed by atoms with Gasteiger partial charge < -0.3 is 4.90 Å². The molecule has 0 N–H and O–H groups in total. The van der Waals surface area contributed by atoms with E-state index in [4.69, 9.17) is 28.2 Å². The minimum Gasteiger partial charge on any atom is -0.308 e. The highest BCUT2D eigenvalue weighted by molar-refractivity contribution is 7.99. The average Bonchev–Trinajstić information content (AvgIpc) is 3.07. The zero-order chi connectivity index (χ0) is 21.0. The lowest BCUT2D eigenvalue weighted by atomic mass is 10.2. The molecule has 0 fully saturated rings. The SMILES string of the molecule is Cc1cc(Cl)cc2sc(N(CCN(C)C)C(=O)CCSc3ccc(Cl)cc3)nc12.Cl. The number of carbonyl (C=O) groups is 1. The Labute approximate surface area is 202 Å². The highest BCUT2D eigenvalue weighted by Crippen LogP contribution is 2.33. The molecule has 0 aliphatic heterocycles. The molecule has 1 heterocycles. The van der Waals surface area contributed by atoms with Gasteiger partial charge in [0.1, 0.15) is 0 Å². The summed E-state index contributed by atoms with van der Waals surface area (Å²) in [5.41, 5.74) is 1.93. The quantitative estimate of drug-likeness (QED) is 0.332. The summed E-state index contributed by atoms with van der Waals surface area (Å²) in [6.07, 6.45) is 0.441. The van der Waals surface area contributed by atoms with Crippen molar-refractivity contribution in [1.82, 2.24) is 9.88 Å². The number of thiazole rings is 1. The van der Waals surface area contributed by atoms with Crippen LogP contribution < -0.4 is 4.90 Å². The Bertz CT molecular complexity index is 993. The van der Waals surface area contributed by atoms with Crippen molar-refractivity contribution >= 4 is 80.0 Å². The number of anilines is 1. The molecule has 9 heteroatoms. The second kappa shape index (κ2) is 11.6. The molecule has 3 rings (SSSR count). The van der Waals surface area contributed by atoms with Gasteiger partial charge in [-0.3, -0.25) is 9.69 Å². The number of hydrogen-bond acceptors (Lipinski definition) is 5. The highest BCUT2D eigenvalue weighted by atomic mass is 35.5. The Balaban J connectivity index is 0.00000320. The van der Waals surface area contributed by atoms with E-state index < -0.39 is 0 Å². The van der Waals surface area contributed by atoms with Gasteiger partial charge in [0.05, 0.1) is 10.2 Å². The number of halogens is 3. The third kappa shape index (κ3) is 6.74. The number of aromatic nitrogens is 1. The minimum atomic E-state index is 0. The van der Waals surface area contributed by atoms with Gasteiger partial charge in [-0.15, -0.1) is 24.2 Å². The molecule has 0 aliphatic rings. The molecule has 4 nitrogen and oxygen atoms in total. The second-order valence-electron chi connectivity index (χ2n) is 6.97. The first-order valence-corrected chi connectivity index (χ1v) is 11.8. The van der Waals surface area contributed by atoms with E-state index in [1.165, 1.54) is 11.3 Å². The molecule has 162 valence electrons. The number of amides is 1. The number of nitrogens with zero attached hydrogens (tertiary/aromatic N) is 3. The normalized spacial score (nSPS) is 11.0. The molecule has 0 atom stereocenters. The zero-order valence-electron chi connectivity index (χ0n) is 17.0. The molecule has 0 saturated carbocycles. The predicted molar refractivity (Wildman–Crippen MR) is 134 cm³/mol. The van der Waals surface area contributed by atoms with Crippen LogP contribution in [0.25, 0.3) is 10.2 Å². The van der Waals surface area contributed by atoms with Gasteiger partial charge >= 0.3 is 0 Å². The summed E-state index contributed by atoms with van der Waals surface area (Å²) in [7, 11) is 4.00. The molecule has 0 aliphatic carbocycles. The number of benzene rings is 2. The molecular formula is C21H24Cl3N3OS2. The van der Waals surface area contributed by atoms with E-state index in [1.54, 1.807) is 16.7 Å². The Kier molecular flexibility index (Phi) is 9.72. The molecule has 2 aromatic carbocycles. The van der Waals surface area contributed by atoms with Crippen LogP contribution in [0.15, 0.2) is 41.3 Å². The summed E-state index contributed by atoms with van der Waals surface area (Å²) in [5.74, 6) is 0.783. The van der Waals surface area contributed by atoms with Crippen molar-refractivity contribution < 1.29 is 4.79 Å². The van der Waals surface area contributed by atoms with Crippen LogP contribution in [0.4, 0.5) is 5.13 Å². The van der Waals surface area contributed by atoms with Crippen LogP contribution in [-0.4, -0.2) is 48.7 Å². The highest BCUT2D eigenvalue weighted by Gasteiger charge is 2.20. The Hall–Kier alpha value is -1.02. The summed E-state index contributed by atoms with van der Waals surface area (Å²) in [4.78, 5) is 22.8. The van der Waals surface area contributed by atoms with Crippen LogP contribution in [0.3, 0.4) is 0 Å². The van der Waals surface area contributed by atoms with Crippen molar-refractivity contribution in [2.45, 2.75) is 18.2 Å². The van der Waals surface area contributed by atoms with Gasteiger partial charge in [-0.1, -0.05) is 34.5 Å². The summed E-state index contributed by atoms with van der Waals surface area (Å²) in [6.45, 7) is 3.36. The summed E-state index contributed by atoms with van der Waals surface area (Å²) in [5, 5.41) is 2.14. The molecule has 0 bridgehead atoms. The lowest BCUT2D eigenvalue weighted by Crippen LogP contribution is -2.36. The van der Waals surface area contributed by atoms with Crippen LogP contribution in [0.1, 0.15) is 12.0 Å². The third-order valence-electron chi connectivity index (χ3n) is 4.34. The topological polar surface area (TPSA) is 36.4 Å². The molecule has 0 unspecified atom stereocenters. The molecule has 3 aromatic rings. The average molecular weight is 505 g/mol. The smallest absolute Gasteiger partial charge is 0.229 e. The van der Waals surface area contributed by atoms with E-state index in [0.717, 1.165) is 32.4 Å². The molecule has 1 amide bonds. The number of fused-ring (bicyclic) bond motifs is 1. The van der Waals surface area contributed by atoms with Gasteiger partial charge in [0, 0.05) is 40.2 Å². The fourth-order valence-corrected chi connectivity index (χ4v) is 5.24. The van der Waals surface area contributed by atoms with Gasteiger partial charge in [-0.25, -0.2) is 4.98 Å². The van der Waals surface area contributed by atoms with Crippen LogP contribution in [0, 0.1) is 6.92 Å². The number of aryl methyl sites for hydroxylation is 1. The maximum Gasteiger partial charge on any atom is 0.229 e. The number of likely N-dealkylation sites (N-methyl/N-ethyl adjacent to an activating group) is 1. The van der Waals surface area contributed by atoms with Gasteiger partial charge in [-0.2, -0.15) is 0 Å². The number of thioether (sulfide) groups is 1. The molecule has 0 radical (unpaired) electrons. The van der Waals surface area contributed by atoms with Crippen LogP contribution >= 0.6 is 58.7 Å². The van der Waals surface area contributed by atoms with E-state index in [0.29, 0.717) is 28.8 Å². The van der Waals surface area contributed by atoms with Crippen molar-refractivity contribution in [1.29, 1.82) is 0 Å². The van der Waals surface area contributed by atoms with E-state index in [1.807, 2.05) is 57.4 Å². The van der Waals surface area contributed by atoms with Crippen molar-refractivity contribution in [2.75, 3.05) is 37.8 Å². The second-order valence-corrected chi connectivity index (χ2v) is 10.0. The summed E-state index contributed by atoms with van der Waals surface area (Å²) in [6, 6.07) is 11.5. The van der Waals surface area contributed by atoms with Gasteiger partial charge in [0.2, 0.25) is 5.91 Å². The first-order valence-electron chi connectivity index (χ1n) is 9.23. The third-order valence-corrected chi connectivity index (χ3v) is 6.85. The summed E-state index contributed by atoms with van der Waals surface area (Å²) >= 11 is 15.3. The largest absolute Gasteiger partial charge is 0.308 e. The zero-order valence-corrected chi connectivity index (χ0v) is 21.0. The number of hydrogen-bond donors (Lipinski definition) is 0. The van der Waals surface area contributed by atoms with Crippen LogP contribution in [0.5, 0.6) is 0 Å². The Morgan fingerprint density at radius 1 is 1.10 bits per heavy atom. The van der Waals surface area contributed by atoms with Crippen molar-refractivity contribution in [3.63, 3.8) is 0 Å². The van der Waals surface area contributed by atoms with E-state index >= 15 is 0 Å². The van der Waals surface area contributed by atoms with Gasteiger partial charge in [0.25, 0.3) is 0 Å². The molecular weight excluding hydrogens is 481 g/mol. The Morgan fingerprint density at radius 3 is 2.47 bits per heavy atom. The fourth-order valence-electron chi connectivity index (χ4n) is 2.81. The van der Waals surface area contributed by atoms with E-state index in [-0.39, 0.29) is 18.3 Å². The minimum absolute atomic E-state index is 0. The first kappa shape index (κ1) is 25.2. The van der Waals surface area contributed by atoms with Crippen molar-refractivity contribution in [2.24, 2.45) is 0 Å². The fraction of sp³-hybridized carbons (Fsp3) is 0.333. The summed E-state index contributed by atoms with van der Waals surface area (Å²) < 4.78 is 1.00. The standard InChI is InChI=1S/C21H23Cl2N3OS2.ClH/c1-14-12-16(23)13-18-20(14)24-21(29-18)26(10-9-25(2)3)19(27)8-11-28-17-6-4-15(22)5-7-17;/h4-7,12-13H,8-11H2,1-3H3;1H. The van der Waals surface area contributed by atoms with Crippen LogP contribution in [-0.2, 0) is 4.79 Å². The van der Waals surface area contributed by atoms with Gasteiger partial charge in [-0.05, 0) is 63.0 Å². The Morgan fingerprint density at radius 2 is 1.80 bits per heavy atom. The van der Waals surface area contributed by atoms with Crippen molar-refractivity contribution in [3.05, 3.63) is 52.0 Å². The number of carbonyl (C=O) groups excluding carboxylic acids is 1. The molecule has 0 spiro atoms. The number of rotatable bonds is 8. The maximum absolute atomic E-state index is 13.0. The maximum atomic E-state index is 13.0. The predicted octanol–water partition coefficient (Wildman–Crippen LogP) is 6.41. The van der Waals surface area contributed by atoms with E-state index in [2.05, 4.69) is 4.90 Å². The lowest BCUT2D eigenvalue weighted by Gasteiger charge is -2.22. The molecule has 1 aromatic heterocycles. The van der Waals surface area contributed by atoms with Crippen molar-refractivity contribution in [3.8, 4) is 0 Å². The first-order chi connectivity index (χ1) is 13.8. The van der Waals surface area contributed by atoms with Crippen LogP contribution in [0.2, 0.25) is 10.0 Å². The molecule has 0 saturated heterocycles. The van der Waals surface area contributed by atoms with E-state index in [9.17, 15) is 4.79 Å². The lowest BCUT2D eigenvalue weighted by molar-refractivity contribution is -0.118. The van der Waals surface area contributed by atoms with Gasteiger partial charge in [0.15, 0.2) is 5.13 Å².